The summed E-state index contributed by atoms with van der Waals surface area (Å²) in [6.45, 7) is 1.80. The highest BCUT2D eigenvalue weighted by Gasteiger charge is 2.09. The van der Waals surface area contributed by atoms with Crippen LogP contribution in [0.15, 0.2) is 42.5 Å². The van der Waals surface area contributed by atoms with Gasteiger partial charge in [0.05, 0.1) is 16.9 Å². The molecule has 3 rings (SSSR count). The molecule has 20 heavy (non-hydrogen) atoms. The Hall–Kier alpha value is -2.49. The molecule has 0 bridgehead atoms. The smallest absolute Gasteiger partial charge is 0.126 e. The minimum Gasteiger partial charge on any atom is -0.397 e. The van der Waals surface area contributed by atoms with Crippen LogP contribution >= 0.6 is 0 Å². The van der Waals surface area contributed by atoms with Crippen molar-refractivity contribution in [1.82, 2.24) is 4.98 Å². The molecule has 3 aromatic rings. The van der Waals surface area contributed by atoms with E-state index >= 15 is 0 Å². The fourth-order valence-corrected chi connectivity index (χ4v) is 2.25. The van der Waals surface area contributed by atoms with Crippen LogP contribution in [-0.2, 0) is 0 Å². The number of fused-ring (bicyclic) bond motifs is 1. The molecular formula is C16H12F2N2. The molecule has 2 aromatic carbocycles. The first-order valence-corrected chi connectivity index (χ1v) is 6.17. The minimum atomic E-state index is -0.607. The SMILES string of the molecule is Cc1nc2c(-c3cc(F)cc(F)c3)cccc2cc1N. The fraction of sp³-hybridized carbons (Fsp3) is 0.0625. The molecular weight excluding hydrogens is 258 g/mol. The highest BCUT2D eigenvalue weighted by atomic mass is 19.1. The monoisotopic (exact) mass is 270 g/mol. The van der Waals surface area contributed by atoms with E-state index in [0.29, 0.717) is 28.0 Å². The first kappa shape index (κ1) is 12.5. The standard InChI is InChI=1S/C16H12F2N2/c1-9-15(19)7-10-3-2-4-14(16(10)20-9)11-5-12(17)8-13(18)6-11/h2-8H,19H2,1H3. The predicted molar refractivity (Wildman–Crippen MR) is 76.2 cm³/mol. The molecule has 0 saturated carbocycles. The molecule has 2 N–H and O–H groups in total. The summed E-state index contributed by atoms with van der Waals surface area (Å²) in [7, 11) is 0. The lowest BCUT2D eigenvalue weighted by atomic mass is 10.0. The van der Waals surface area contributed by atoms with E-state index in [0.717, 1.165) is 11.5 Å². The molecule has 4 heteroatoms. The highest BCUT2D eigenvalue weighted by molar-refractivity contribution is 5.95. The van der Waals surface area contributed by atoms with Crippen LogP contribution in [0.2, 0.25) is 0 Å². The van der Waals surface area contributed by atoms with Crippen LogP contribution in [0.4, 0.5) is 14.5 Å². The summed E-state index contributed by atoms with van der Waals surface area (Å²) < 4.78 is 26.8. The number of para-hydroxylation sites is 1. The Kier molecular flexibility index (Phi) is 2.86. The number of hydrogen-bond acceptors (Lipinski definition) is 2. The molecule has 0 saturated heterocycles. The number of aryl methyl sites for hydroxylation is 1. The van der Waals surface area contributed by atoms with Crippen molar-refractivity contribution in [3.05, 3.63) is 59.8 Å². The highest BCUT2D eigenvalue weighted by Crippen LogP contribution is 2.30. The van der Waals surface area contributed by atoms with Crippen LogP contribution in [-0.4, -0.2) is 4.98 Å². The van der Waals surface area contributed by atoms with Gasteiger partial charge in [0.1, 0.15) is 11.6 Å². The third-order valence-electron chi connectivity index (χ3n) is 3.25. The quantitative estimate of drug-likeness (QED) is 0.724. The van der Waals surface area contributed by atoms with E-state index in [4.69, 9.17) is 5.73 Å². The summed E-state index contributed by atoms with van der Waals surface area (Å²) in [5.74, 6) is -1.21. The lowest BCUT2D eigenvalue weighted by molar-refractivity contribution is 0.584. The first-order chi connectivity index (χ1) is 9.54. The van der Waals surface area contributed by atoms with Crippen molar-refractivity contribution >= 4 is 16.6 Å². The Balaban J connectivity index is 2.33. The number of halogens is 2. The largest absolute Gasteiger partial charge is 0.397 e. The normalized spacial score (nSPS) is 10.9. The van der Waals surface area contributed by atoms with Crippen LogP contribution in [0.1, 0.15) is 5.69 Å². The third-order valence-corrected chi connectivity index (χ3v) is 3.25. The van der Waals surface area contributed by atoms with Gasteiger partial charge in [0, 0.05) is 17.0 Å². The molecule has 1 aromatic heterocycles. The van der Waals surface area contributed by atoms with Crippen molar-refractivity contribution in [2.24, 2.45) is 0 Å². The van der Waals surface area contributed by atoms with Crippen molar-refractivity contribution in [3.8, 4) is 11.1 Å². The van der Waals surface area contributed by atoms with Gasteiger partial charge in [-0.25, -0.2) is 8.78 Å². The van der Waals surface area contributed by atoms with E-state index in [9.17, 15) is 8.78 Å². The van der Waals surface area contributed by atoms with Crippen LogP contribution < -0.4 is 5.73 Å². The number of hydrogen-bond donors (Lipinski definition) is 1. The zero-order valence-corrected chi connectivity index (χ0v) is 10.8. The number of nitrogen functional groups attached to an aromatic ring is 1. The zero-order valence-electron chi connectivity index (χ0n) is 10.8. The van der Waals surface area contributed by atoms with E-state index in [1.165, 1.54) is 12.1 Å². The summed E-state index contributed by atoms with van der Waals surface area (Å²) in [5.41, 5.74) is 8.97. The number of pyridine rings is 1. The van der Waals surface area contributed by atoms with Gasteiger partial charge in [0.15, 0.2) is 0 Å². The van der Waals surface area contributed by atoms with E-state index < -0.39 is 11.6 Å². The van der Waals surface area contributed by atoms with Crippen molar-refractivity contribution in [2.45, 2.75) is 6.92 Å². The molecule has 100 valence electrons. The van der Waals surface area contributed by atoms with Crippen LogP contribution in [0.5, 0.6) is 0 Å². The van der Waals surface area contributed by atoms with Crippen molar-refractivity contribution in [1.29, 1.82) is 0 Å². The molecule has 0 unspecified atom stereocenters. The molecule has 0 radical (unpaired) electrons. The average Bonchev–Trinajstić information content (AvgIpc) is 2.38. The van der Waals surface area contributed by atoms with Gasteiger partial charge < -0.3 is 5.73 Å². The van der Waals surface area contributed by atoms with Gasteiger partial charge in [-0.15, -0.1) is 0 Å². The summed E-state index contributed by atoms with van der Waals surface area (Å²) in [4.78, 5) is 4.44. The number of anilines is 1. The lowest BCUT2D eigenvalue weighted by Gasteiger charge is -2.09. The minimum absolute atomic E-state index is 0.463. The molecule has 1 heterocycles. The third kappa shape index (κ3) is 2.09. The Morgan fingerprint density at radius 1 is 1.00 bits per heavy atom. The maximum Gasteiger partial charge on any atom is 0.126 e. The lowest BCUT2D eigenvalue weighted by Crippen LogP contribution is -1.95. The molecule has 0 spiro atoms. The van der Waals surface area contributed by atoms with Gasteiger partial charge in [-0.1, -0.05) is 18.2 Å². The topological polar surface area (TPSA) is 38.9 Å². The van der Waals surface area contributed by atoms with E-state index in [1.807, 2.05) is 18.2 Å². The van der Waals surface area contributed by atoms with Crippen molar-refractivity contribution in [3.63, 3.8) is 0 Å². The fourth-order valence-electron chi connectivity index (χ4n) is 2.25. The molecule has 0 aliphatic rings. The summed E-state index contributed by atoms with van der Waals surface area (Å²) in [5, 5.41) is 0.843. The van der Waals surface area contributed by atoms with Gasteiger partial charge >= 0.3 is 0 Å². The molecule has 0 aliphatic carbocycles. The van der Waals surface area contributed by atoms with E-state index in [2.05, 4.69) is 4.98 Å². The molecule has 0 amide bonds. The Bertz CT molecular complexity index is 793. The molecule has 0 atom stereocenters. The summed E-state index contributed by atoms with van der Waals surface area (Å²) in [6.07, 6.45) is 0. The number of benzene rings is 2. The maximum atomic E-state index is 13.4. The maximum absolute atomic E-state index is 13.4. The Morgan fingerprint density at radius 3 is 2.40 bits per heavy atom. The second-order valence-electron chi connectivity index (χ2n) is 4.70. The van der Waals surface area contributed by atoms with Gasteiger partial charge in [0.2, 0.25) is 0 Å². The molecule has 2 nitrogen and oxygen atoms in total. The number of aromatic nitrogens is 1. The van der Waals surface area contributed by atoms with Gasteiger partial charge in [-0.2, -0.15) is 0 Å². The predicted octanol–water partition coefficient (Wildman–Crippen LogP) is 4.07. The summed E-state index contributed by atoms with van der Waals surface area (Å²) in [6, 6.07) is 10.7. The zero-order chi connectivity index (χ0) is 14.3. The van der Waals surface area contributed by atoms with Gasteiger partial charge in [0.25, 0.3) is 0 Å². The van der Waals surface area contributed by atoms with E-state index in [-0.39, 0.29) is 0 Å². The molecule has 0 fully saturated rings. The second-order valence-corrected chi connectivity index (χ2v) is 4.70. The Labute approximate surface area is 114 Å². The summed E-state index contributed by atoms with van der Waals surface area (Å²) >= 11 is 0. The van der Waals surface area contributed by atoms with Crippen molar-refractivity contribution in [2.75, 3.05) is 5.73 Å². The second kappa shape index (κ2) is 4.56. The average molecular weight is 270 g/mol. The Morgan fingerprint density at radius 2 is 1.70 bits per heavy atom. The number of nitrogens with zero attached hydrogens (tertiary/aromatic N) is 1. The van der Waals surface area contributed by atoms with Gasteiger partial charge in [-0.05, 0) is 30.7 Å². The van der Waals surface area contributed by atoms with Crippen LogP contribution in [0.25, 0.3) is 22.0 Å². The first-order valence-electron chi connectivity index (χ1n) is 6.17. The van der Waals surface area contributed by atoms with E-state index in [1.54, 1.807) is 13.0 Å². The molecule has 0 aliphatic heterocycles. The van der Waals surface area contributed by atoms with Crippen LogP contribution in [0.3, 0.4) is 0 Å². The van der Waals surface area contributed by atoms with Crippen molar-refractivity contribution < 1.29 is 8.78 Å². The van der Waals surface area contributed by atoms with Crippen LogP contribution in [0, 0.1) is 18.6 Å². The van der Waals surface area contributed by atoms with Gasteiger partial charge in [-0.3, -0.25) is 4.98 Å². The number of rotatable bonds is 1. The number of nitrogens with two attached hydrogens (primary N) is 1.